The predicted octanol–water partition coefficient (Wildman–Crippen LogP) is 4.20. The Morgan fingerprint density at radius 1 is 1.44 bits per heavy atom. The average Bonchev–Trinajstić information content (AvgIpc) is 2.97. The van der Waals surface area contributed by atoms with Crippen LogP contribution in [-0.2, 0) is 11.3 Å². The zero-order chi connectivity index (χ0) is 17.6. The fraction of sp³-hybridized carbons (Fsp3) is 0.368. The first-order valence-corrected chi connectivity index (χ1v) is 8.93. The summed E-state index contributed by atoms with van der Waals surface area (Å²) in [6.07, 6.45) is 4.71. The number of pyridine rings is 1. The molecule has 0 saturated carbocycles. The third-order valence-electron chi connectivity index (χ3n) is 4.85. The molecular weight excluding hydrogens is 338 g/mol. The summed E-state index contributed by atoms with van der Waals surface area (Å²) in [7, 11) is 0. The number of nitrogens with zero attached hydrogens (tertiary/aromatic N) is 3. The number of aryl methyl sites for hydroxylation is 1. The van der Waals surface area contributed by atoms with E-state index in [1.54, 1.807) is 16.7 Å². The van der Waals surface area contributed by atoms with Crippen molar-refractivity contribution in [3.63, 3.8) is 0 Å². The van der Waals surface area contributed by atoms with Crippen LogP contribution in [0.3, 0.4) is 0 Å². The molecule has 5 nitrogen and oxygen atoms in total. The van der Waals surface area contributed by atoms with E-state index in [1.807, 2.05) is 23.7 Å². The molecule has 1 atom stereocenters. The van der Waals surface area contributed by atoms with Crippen LogP contribution in [0.15, 0.2) is 35.6 Å². The second kappa shape index (κ2) is 6.32. The normalized spacial score (nSPS) is 18.1. The van der Waals surface area contributed by atoms with Crippen LogP contribution in [0.25, 0.3) is 21.8 Å². The van der Waals surface area contributed by atoms with Gasteiger partial charge in [0.25, 0.3) is 5.56 Å². The molecule has 0 bridgehead atoms. The summed E-state index contributed by atoms with van der Waals surface area (Å²) in [5, 5.41) is 6.89. The maximum atomic E-state index is 13.1. The minimum Gasteiger partial charge on any atom is -0.357 e. The van der Waals surface area contributed by atoms with E-state index in [0.717, 1.165) is 42.5 Å². The molecule has 3 aromatic rings. The van der Waals surface area contributed by atoms with Crippen LogP contribution in [0.2, 0.25) is 5.02 Å². The number of hydrogen-bond donors (Lipinski definition) is 0. The molecule has 1 aliphatic heterocycles. The minimum atomic E-state index is -0.109. The monoisotopic (exact) mass is 357 g/mol. The summed E-state index contributed by atoms with van der Waals surface area (Å²) < 4.78 is 9.47. The van der Waals surface area contributed by atoms with Crippen LogP contribution in [0.1, 0.15) is 31.2 Å². The van der Waals surface area contributed by atoms with Crippen LogP contribution in [0, 0.1) is 6.92 Å². The van der Waals surface area contributed by atoms with Gasteiger partial charge in [0.15, 0.2) is 0 Å². The molecule has 130 valence electrons. The zero-order valence-corrected chi connectivity index (χ0v) is 14.9. The van der Waals surface area contributed by atoms with Gasteiger partial charge in [0.05, 0.1) is 16.6 Å². The maximum absolute atomic E-state index is 13.1. The van der Waals surface area contributed by atoms with Crippen molar-refractivity contribution in [3.05, 3.63) is 51.9 Å². The molecule has 6 heteroatoms. The molecule has 1 saturated heterocycles. The van der Waals surface area contributed by atoms with Crippen LogP contribution in [0.4, 0.5) is 0 Å². The van der Waals surface area contributed by atoms with Gasteiger partial charge in [-0.05, 0) is 44.4 Å². The highest BCUT2D eigenvalue weighted by molar-refractivity contribution is 6.31. The van der Waals surface area contributed by atoms with Crippen LogP contribution in [-0.4, -0.2) is 21.0 Å². The number of aromatic nitrogens is 3. The molecule has 0 aliphatic carbocycles. The standard InChI is InChI=1S/C19H20ClN3O2/c1-3-9-22-15-8-7-13(20)11-14(15)18-17(19(22)24)12(2)23(21-18)16-6-4-5-10-25-16/h3,7-8,11,16H,1,4-6,9-10H2,2H3. The molecule has 0 radical (unpaired) electrons. The van der Waals surface area contributed by atoms with Crippen molar-refractivity contribution in [2.45, 2.75) is 39.0 Å². The van der Waals surface area contributed by atoms with E-state index in [-0.39, 0.29) is 11.8 Å². The highest BCUT2D eigenvalue weighted by atomic mass is 35.5. The number of allylic oxidation sites excluding steroid dienone is 1. The van der Waals surface area contributed by atoms with Gasteiger partial charge in [0.2, 0.25) is 0 Å². The Balaban J connectivity index is 2.08. The third kappa shape index (κ3) is 2.58. The number of rotatable bonds is 3. The molecule has 1 fully saturated rings. The SMILES string of the molecule is C=CCn1c(=O)c2c(C)n(C3CCCCO3)nc2c2cc(Cl)ccc21. The summed E-state index contributed by atoms with van der Waals surface area (Å²) in [6.45, 7) is 6.88. The van der Waals surface area contributed by atoms with E-state index in [1.165, 1.54) is 0 Å². The maximum Gasteiger partial charge on any atom is 0.262 e. The number of halogens is 1. The highest BCUT2D eigenvalue weighted by Crippen LogP contribution is 2.30. The molecule has 1 unspecified atom stereocenters. The number of benzene rings is 1. The van der Waals surface area contributed by atoms with Gasteiger partial charge in [-0.15, -0.1) is 6.58 Å². The fourth-order valence-electron chi connectivity index (χ4n) is 3.65. The molecule has 0 amide bonds. The number of fused-ring (bicyclic) bond motifs is 3. The van der Waals surface area contributed by atoms with E-state index in [9.17, 15) is 4.79 Å². The van der Waals surface area contributed by atoms with Gasteiger partial charge < -0.3 is 9.30 Å². The highest BCUT2D eigenvalue weighted by Gasteiger charge is 2.23. The summed E-state index contributed by atoms with van der Waals surface area (Å²) in [4.78, 5) is 13.1. The molecule has 3 heterocycles. The molecular formula is C19H20ClN3O2. The Bertz CT molecular complexity index is 1030. The Morgan fingerprint density at radius 2 is 2.28 bits per heavy atom. The quantitative estimate of drug-likeness (QED) is 0.660. The van der Waals surface area contributed by atoms with Gasteiger partial charge in [-0.25, -0.2) is 4.68 Å². The summed E-state index contributed by atoms with van der Waals surface area (Å²) >= 11 is 6.22. The van der Waals surface area contributed by atoms with Gasteiger partial charge >= 0.3 is 0 Å². The van der Waals surface area contributed by atoms with Crippen molar-refractivity contribution in [1.82, 2.24) is 14.3 Å². The largest absolute Gasteiger partial charge is 0.357 e. The Labute approximate surface area is 150 Å². The van der Waals surface area contributed by atoms with Crippen LogP contribution >= 0.6 is 11.6 Å². The first-order valence-electron chi connectivity index (χ1n) is 8.55. The summed E-state index contributed by atoms with van der Waals surface area (Å²) in [6, 6.07) is 5.53. The first-order chi connectivity index (χ1) is 12.1. The van der Waals surface area contributed by atoms with E-state index in [0.29, 0.717) is 22.5 Å². The summed E-state index contributed by atoms with van der Waals surface area (Å²) in [5.41, 5.74) is 2.29. The number of ether oxygens (including phenoxy) is 1. The lowest BCUT2D eigenvalue weighted by Crippen LogP contribution is -2.21. The lowest BCUT2D eigenvalue weighted by Gasteiger charge is -2.23. The number of hydrogen-bond acceptors (Lipinski definition) is 3. The first kappa shape index (κ1) is 16.4. The minimum absolute atomic E-state index is 0.0516. The molecule has 2 aromatic heterocycles. The fourth-order valence-corrected chi connectivity index (χ4v) is 3.82. The van der Waals surface area contributed by atoms with Gasteiger partial charge in [-0.2, -0.15) is 5.10 Å². The zero-order valence-electron chi connectivity index (χ0n) is 14.2. The topological polar surface area (TPSA) is 49.0 Å². The molecule has 25 heavy (non-hydrogen) atoms. The van der Waals surface area contributed by atoms with Crippen molar-refractivity contribution in [2.75, 3.05) is 6.61 Å². The predicted molar refractivity (Wildman–Crippen MR) is 100 cm³/mol. The van der Waals surface area contributed by atoms with Crippen molar-refractivity contribution in [2.24, 2.45) is 0 Å². The van der Waals surface area contributed by atoms with Crippen molar-refractivity contribution >= 4 is 33.4 Å². The Kier molecular flexibility index (Phi) is 4.13. The second-order valence-electron chi connectivity index (χ2n) is 6.44. The lowest BCUT2D eigenvalue weighted by atomic mass is 10.1. The van der Waals surface area contributed by atoms with E-state index >= 15 is 0 Å². The van der Waals surface area contributed by atoms with Crippen molar-refractivity contribution in [3.8, 4) is 0 Å². The molecule has 4 rings (SSSR count). The molecule has 1 aliphatic rings. The Morgan fingerprint density at radius 3 is 3.00 bits per heavy atom. The second-order valence-corrected chi connectivity index (χ2v) is 6.88. The van der Waals surface area contributed by atoms with Gasteiger partial charge in [0, 0.05) is 23.6 Å². The van der Waals surface area contributed by atoms with Gasteiger partial charge in [-0.1, -0.05) is 17.7 Å². The van der Waals surface area contributed by atoms with E-state index in [2.05, 4.69) is 6.58 Å². The summed E-state index contributed by atoms with van der Waals surface area (Å²) in [5.74, 6) is 0. The van der Waals surface area contributed by atoms with Crippen LogP contribution < -0.4 is 5.56 Å². The Hall–Kier alpha value is -2.11. The van der Waals surface area contributed by atoms with Gasteiger partial charge in [0.1, 0.15) is 11.7 Å². The van der Waals surface area contributed by atoms with E-state index < -0.39 is 0 Å². The molecule has 1 aromatic carbocycles. The third-order valence-corrected chi connectivity index (χ3v) is 5.09. The lowest BCUT2D eigenvalue weighted by molar-refractivity contribution is -0.0402. The van der Waals surface area contributed by atoms with E-state index in [4.69, 9.17) is 21.4 Å². The molecule has 0 spiro atoms. The smallest absolute Gasteiger partial charge is 0.262 e. The van der Waals surface area contributed by atoms with Crippen molar-refractivity contribution < 1.29 is 4.74 Å². The molecule has 0 N–H and O–H groups in total. The van der Waals surface area contributed by atoms with Crippen molar-refractivity contribution in [1.29, 1.82) is 0 Å². The average molecular weight is 358 g/mol. The van der Waals surface area contributed by atoms with Gasteiger partial charge in [-0.3, -0.25) is 4.79 Å². The van der Waals surface area contributed by atoms with Crippen LogP contribution in [0.5, 0.6) is 0 Å².